The van der Waals surface area contributed by atoms with E-state index >= 15 is 0 Å². The molecule has 1 aromatic heterocycles. The zero-order valence-corrected chi connectivity index (χ0v) is 31.0. The normalized spacial score (nSPS) is 13.1. The molecule has 0 aromatic carbocycles. The van der Waals surface area contributed by atoms with Crippen molar-refractivity contribution in [2.75, 3.05) is 0 Å². The zero-order chi connectivity index (χ0) is 31.8. The predicted molar refractivity (Wildman–Crippen MR) is 199 cm³/mol. The van der Waals surface area contributed by atoms with Crippen LogP contribution in [0.5, 0.6) is 0 Å². The summed E-state index contributed by atoms with van der Waals surface area (Å²) in [6.07, 6.45) is 51.4. The SMILES string of the molecule is CCCCCCCCCCCCCCCCCC(CC)c1nccn1C(C)CCCCCCCCCCCCCCCCC. The first-order chi connectivity index (χ1) is 21.7. The van der Waals surface area contributed by atoms with Crippen LogP contribution in [0, 0.1) is 0 Å². The average Bonchev–Trinajstić information content (AvgIpc) is 3.52. The lowest BCUT2D eigenvalue weighted by Gasteiger charge is -2.21. The van der Waals surface area contributed by atoms with Gasteiger partial charge in [-0.2, -0.15) is 0 Å². The summed E-state index contributed by atoms with van der Waals surface area (Å²) >= 11 is 0. The molecule has 0 radical (unpaired) electrons. The Morgan fingerprint density at radius 3 is 1.11 bits per heavy atom. The number of imidazole rings is 1. The van der Waals surface area contributed by atoms with Crippen LogP contribution in [0.3, 0.4) is 0 Å². The summed E-state index contributed by atoms with van der Waals surface area (Å²) in [5.74, 6) is 2.00. The Bertz CT molecular complexity index is 679. The van der Waals surface area contributed by atoms with Gasteiger partial charge in [0.15, 0.2) is 0 Å². The summed E-state index contributed by atoms with van der Waals surface area (Å²) in [5.41, 5.74) is 0. The highest BCUT2D eigenvalue weighted by Crippen LogP contribution is 2.28. The maximum Gasteiger partial charge on any atom is 0.111 e. The molecule has 0 aliphatic rings. The van der Waals surface area contributed by atoms with Crippen molar-refractivity contribution >= 4 is 0 Å². The minimum Gasteiger partial charge on any atom is -0.332 e. The maximum absolute atomic E-state index is 4.88. The molecule has 0 spiro atoms. The van der Waals surface area contributed by atoms with Crippen LogP contribution < -0.4 is 0 Å². The van der Waals surface area contributed by atoms with E-state index in [2.05, 4.69) is 44.7 Å². The Morgan fingerprint density at radius 2 is 0.773 bits per heavy atom. The van der Waals surface area contributed by atoms with Crippen LogP contribution in [0.15, 0.2) is 12.4 Å². The minimum atomic E-state index is 0.588. The molecule has 260 valence electrons. The first-order valence-corrected chi connectivity index (χ1v) is 20.8. The molecule has 0 saturated heterocycles. The first kappa shape index (κ1) is 41.2. The molecule has 0 amide bonds. The van der Waals surface area contributed by atoms with Gasteiger partial charge in [0, 0.05) is 24.4 Å². The Hall–Kier alpha value is -0.790. The summed E-state index contributed by atoms with van der Waals surface area (Å²) in [7, 11) is 0. The second-order valence-electron chi connectivity index (χ2n) is 14.6. The Labute approximate surface area is 278 Å². The molecule has 0 aliphatic carbocycles. The van der Waals surface area contributed by atoms with Gasteiger partial charge in [-0.1, -0.05) is 213 Å². The third-order valence-electron chi connectivity index (χ3n) is 10.4. The van der Waals surface area contributed by atoms with Crippen LogP contribution in [-0.4, -0.2) is 9.55 Å². The van der Waals surface area contributed by atoms with Gasteiger partial charge in [0.25, 0.3) is 0 Å². The monoisotopic (exact) mass is 615 g/mol. The molecular weight excluding hydrogens is 532 g/mol. The highest BCUT2D eigenvalue weighted by atomic mass is 15.1. The van der Waals surface area contributed by atoms with Gasteiger partial charge < -0.3 is 4.57 Å². The van der Waals surface area contributed by atoms with Gasteiger partial charge in [0.2, 0.25) is 0 Å². The molecular formula is C42H82N2. The van der Waals surface area contributed by atoms with Gasteiger partial charge in [-0.25, -0.2) is 4.98 Å². The van der Waals surface area contributed by atoms with Crippen LogP contribution in [0.1, 0.15) is 257 Å². The number of hydrogen-bond donors (Lipinski definition) is 0. The predicted octanol–water partition coefficient (Wildman–Crippen LogP) is 15.5. The highest BCUT2D eigenvalue weighted by molar-refractivity contribution is 5.02. The van der Waals surface area contributed by atoms with E-state index in [-0.39, 0.29) is 0 Å². The summed E-state index contributed by atoms with van der Waals surface area (Å²) in [5, 5.41) is 0. The molecule has 2 unspecified atom stereocenters. The lowest BCUT2D eigenvalue weighted by molar-refractivity contribution is 0.425. The average molecular weight is 615 g/mol. The van der Waals surface area contributed by atoms with Crippen molar-refractivity contribution in [1.29, 1.82) is 0 Å². The molecule has 44 heavy (non-hydrogen) atoms. The van der Waals surface area contributed by atoms with E-state index in [4.69, 9.17) is 4.98 Å². The van der Waals surface area contributed by atoms with Crippen molar-refractivity contribution in [3.05, 3.63) is 18.2 Å². The Morgan fingerprint density at radius 1 is 0.455 bits per heavy atom. The summed E-state index contributed by atoms with van der Waals surface area (Å²) in [6.45, 7) is 9.41. The lowest BCUT2D eigenvalue weighted by Crippen LogP contribution is -2.12. The largest absolute Gasteiger partial charge is 0.332 e. The number of rotatable bonds is 35. The van der Waals surface area contributed by atoms with Crippen LogP contribution in [0.4, 0.5) is 0 Å². The van der Waals surface area contributed by atoms with Crippen LogP contribution >= 0.6 is 0 Å². The zero-order valence-electron chi connectivity index (χ0n) is 31.0. The van der Waals surface area contributed by atoms with Gasteiger partial charge in [0.05, 0.1) is 0 Å². The lowest BCUT2D eigenvalue weighted by atomic mass is 9.96. The van der Waals surface area contributed by atoms with E-state index in [1.54, 1.807) is 0 Å². The van der Waals surface area contributed by atoms with Crippen molar-refractivity contribution in [1.82, 2.24) is 9.55 Å². The summed E-state index contributed by atoms with van der Waals surface area (Å²) < 4.78 is 2.53. The molecule has 1 aromatic rings. The number of unbranched alkanes of at least 4 members (excludes halogenated alkanes) is 28. The van der Waals surface area contributed by atoms with E-state index < -0.39 is 0 Å². The summed E-state index contributed by atoms with van der Waals surface area (Å²) in [6, 6.07) is 0.588. The number of hydrogen-bond acceptors (Lipinski definition) is 1. The molecule has 0 bridgehead atoms. The van der Waals surface area contributed by atoms with Gasteiger partial charge in [-0.15, -0.1) is 0 Å². The van der Waals surface area contributed by atoms with Crippen molar-refractivity contribution in [3.8, 4) is 0 Å². The smallest absolute Gasteiger partial charge is 0.111 e. The van der Waals surface area contributed by atoms with Crippen LogP contribution in [0.2, 0.25) is 0 Å². The third kappa shape index (κ3) is 23.5. The van der Waals surface area contributed by atoms with Gasteiger partial charge in [-0.05, 0) is 26.2 Å². The van der Waals surface area contributed by atoms with Crippen LogP contribution in [0.25, 0.3) is 0 Å². The molecule has 2 nitrogen and oxygen atoms in total. The van der Waals surface area contributed by atoms with Crippen molar-refractivity contribution < 1.29 is 0 Å². The molecule has 1 heterocycles. The van der Waals surface area contributed by atoms with Crippen LogP contribution in [-0.2, 0) is 0 Å². The third-order valence-corrected chi connectivity index (χ3v) is 10.4. The fraction of sp³-hybridized carbons (Fsp3) is 0.929. The fourth-order valence-electron chi connectivity index (χ4n) is 7.24. The van der Waals surface area contributed by atoms with E-state index in [1.165, 1.54) is 218 Å². The fourth-order valence-corrected chi connectivity index (χ4v) is 7.24. The molecule has 0 N–H and O–H groups in total. The molecule has 2 atom stereocenters. The highest BCUT2D eigenvalue weighted by Gasteiger charge is 2.18. The molecule has 2 heteroatoms. The molecule has 0 fully saturated rings. The number of nitrogens with zero attached hydrogens (tertiary/aromatic N) is 2. The van der Waals surface area contributed by atoms with Crippen molar-refractivity contribution in [2.45, 2.75) is 252 Å². The molecule has 0 saturated carbocycles. The molecule has 0 aliphatic heterocycles. The van der Waals surface area contributed by atoms with Gasteiger partial charge in [0.1, 0.15) is 5.82 Å². The van der Waals surface area contributed by atoms with E-state index in [1.807, 2.05) is 0 Å². The van der Waals surface area contributed by atoms with E-state index in [0.29, 0.717) is 12.0 Å². The quantitative estimate of drug-likeness (QED) is 0.0695. The van der Waals surface area contributed by atoms with Crippen molar-refractivity contribution in [3.63, 3.8) is 0 Å². The summed E-state index contributed by atoms with van der Waals surface area (Å²) in [4.78, 5) is 4.88. The topological polar surface area (TPSA) is 17.8 Å². The first-order valence-electron chi connectivity index (χ1n) is 20.8. The van der Waals surface area contributed by atoms with Gasteiger partial charge in [-0.3, -0.25) is 0 Å². The Balaban J connectivity index is 2.02. The number of aromatic nitrogens is 2. The van der Waals surface area contributed by atoms with Gasteiger partial charge >= 0.3 is 0 Å². The van der Waals surface area contributed by atoms with E-state index in [0.717, 1.165) is 0 Å². The second kappa shape index (κ2) is 32.2. The molecule has 1 rings (SSSR count). The second-order valence-corrected chi connectivity index (χ2v) is 14.6. The maximum atomic E-state index is 4.88. The standard InChI is InChI=1S/C42H82N2/c1-5-8-10-12-14-16-18-20-22-24-26-28-30-32-34-36-40(4)44-39-38-43-42(44)41(7-3)37-35-33-31-29-27-25-23-21-19-17-15-13-11-9-6-2/h38-41H,5-37H2,1-4H3. The van der Waals surface area contributed by atoms with Crippen molar-refractivity contribution in [2.24, 2.45) is 0 Å². The Kier molecular flexibility index (Phi) is 30.1. The minimum absolute atomic E-state index is 0.588. The van der Waals surface area contributed by atoms with E-state index in [9.17, 15) is 0 Å².